The molecule has 6 N–H and O–H groups in total. The monoisotopic (exact) mass is 591 g/mol. The third-order valence-corrected chi connectivity index (χ3v) is 7.77. The molecule has 0 radical (unpaired) electrons. The topological polar surface area (TPSA) is 153 Å². The number of unbranched alkanes of at least 4 members (excludes halogenated alkanes) is 7. The second kappa shape index (κ2) is 17.7. The zero-order valence-electron chi connectivity index (χ0n) is 25.1. The Labute approximate surface area is 249 Å². The van der Waals surface area contributed by atoms with Gasteiger partial charge in [0.05, 0.1) is 43.7 Å². The number of rotatable bonds is 18. The molecule has 1 aromatic carbocycles. The van der Waals surface area contributed by atoms with Gasteiger partial charge in [0.1, 0.15) is 11.9 Å². The van der Waals surface area contributed by atoms with Crippen molar-refractivity contribution in [3.63, 3.8) is 0 Å². The number of aliphatic imine (C=N–C) groups is 1. The lowest BCUT2D eigenvalue weighted by atomic mass is 10.1. The number of guanidine groups is 1. The summed E-state index contributed by atoms with van der Waals surface area (Å²) >= 11 is 0. The minimum absolute atomic E-state index is 0.00874. The molecule has 2 amide bonds. The van der Waals surface area contributed by atoms with E-state index in [4.69, 9.17) is 26.7 Å². The van der Waals surface area contributed by atoms with Crippen molar-refractivity contribution < 1.29 is 23.5 Å². The number of halogens is 1. The van der Waals surface area contributed by atoms with E-state index in [0.717, 1.165) is 19.3 Å². The van der Waals surface area contributed by atoms with Gasteiger partial charge in [0, 0.05) is 26.2 Å². The first kappa shape index (κ1) is 33.4. The summed E-state index contributed by atoms with van der Waals surface area (Å²) in [7, 11) is 0. The van der Waals surface area contributed by atoms with Crippen molar-refractivity contribution in [3.05, 3.63) is 24.0 Å². The predicted octanol–water partition coefficient (Wildman–Crippen LogP) is 3.34. The van der Waals surface area contributed by atoms with Crippen LogP contribution in [0.2, 0.25) is 0 Å². The lowest BCUT2D eigenvalue weighted by molar-refractivity contribution is -0.134. The first-order valence-electron chi connectivity index (χ1n) is 15.5. The number of ether oxygens (including phenoxy) is 2. The lowest BCUT2D eigenvalue weighted by Gasteiger charge is -2.29. The van der Waals surface area contributed by atoms with Crippen LogP contribution in [0.4, 0.5) is 20.6 Å². The number of cyclic esters (lactones) is 1. The first-order valence-corrected chi connectivity index (χ1v) is 15.5. The van der Waals surface area contributed by atoms with Crippen molar-refractivity contribution in [1.82, 2.24) is 4.90 Å². The Balaban J connectivity index is 1.58. The third-order valence-electron chi connectivity index (χ3n) is 7.77. The van der Waals surface area contributed by atoms with Gasteiger partial charge in [-0.2, -0.15) is 0 Å². The maximum absolute atomic E-state index is 15.0. The van der Waals surface area contributed by atoms with Crippen LogP contribution in [0.3, 0.4) is 0 Å². The fourth-order valence-corrected chi connectivity index (χ4v) is 5.40. The second-order valence-corrected chi connectivity index (χ2v) is 11.2. The summed E-state index contributed by atoms with van der Waals surface area (Å²) < 4.78 is 26.0. The molecule has 2 aliphatic rings. The van der Waals surface area contributed by atoms with Crippen LogP contribution >= 0.6 is 0 Å². The van der Waals surface area contributed by atoms with E-state index in [9.17, 15) is 9.59 Å². The number of nitrogens with zero attached hydrogens (tertiary/aromatic N) is 4. The number of carbonyl (C=O) groups is 2. The van der Waals surface area contributed by atoms with Gasteiger partial charge in [-0.1, -0.05) is 51.9 Å². The van der Waals surface area contributed by atoms with Gasteiger partial charge < -0.3 is 36.5 Å². The highest BCUT2D eigenvalue weighted by Crippen LogP contribution is 2.28. The van der Waals surface area contributed by atoms with E-state index in [-0.39, 0.29) is 25.0 Å². The average molecular weight is 592 g/mol. The molecule has 0 aromatic heterocycles. The molecule has 11 nitrogen and oxygen atoms in total. The summed E-state index contributed by atoms with van der Waals surface area (Å²) in [5, 5.41) is 0. The van der Waals surface area contributed by atoms with Crippen molar-refractivity contribution >= 4 is 29.3 Å². The van der Waals surface area contributed by atoms with Gasteiger partial charge in [0.25, 0.3) is 0 Å². The van der Waals surface area contributed by atoms with Crippen LogP contribution < -0.4 is 27.0 Å². The van der Waals surface area contributed by atoms with Crippen molar-refractivity contribution in [2.24, 2.45) is 22.2 Å². The van der Waals surface area contributed by atoms with E-state index in [0.29, 0.717) is 63.6 Å². The van der Waals surface area contributed by atoms with Gasteiger partial charge in [0.2, 0.25) is 5.91 Å². The number of morpholine rings is 1. The largest absolute Gasteiger partial charge is 0.442 e. The summed E-state index contributed by atoms with van der Waals surface area (Å²) in [6, 6.07) is 4.08. The van der Waals surface area contributed by atoms with Crippen LogP contribution in [0, 0.1) is 5.82 Å². The fourth-order valence-electron chi connectivity index (χ4n) is 5.40. The quantitative estimate of drug-likeness (QED) is 0.134. The van der Waals surface area contributed by atoms with Gasteiger partial charge in [0.15, 0.2) is 5.96 Å². The maximum atomic E-state index is 15.0. The molecule has 0 unspecified atom stereocenters. The first-order chi connectivity index (χ1) is 20.3. The minimum atomic E-state index is -0.705. The number of benzene rings is 1. The Morgan fingerprint density at radius 1 is 1.10 bits per heavy atom. The number of hydrogen-bond acceptors (Lipinski definition) is 7. The van der Waals surface area contributed by atoms with E-state index in [1.54, 1.807) is 17.0 Å². The highest BCUT2D eigenvalue weighted by atomic mass is 19.1. The van der Waals surface area contributed by atoms with Gasteiger partial charge in [-0.3, -0.25) is 14.7 Å². The number of carbonyl (C=O) groups excluding carboxylic acids is 2. The Kier molecular flexibility index (Phi) is 14.1. The number of nitrogens with two attached hydrogens (primary N) is 3. The van der Waals surface area contributed by atoms with Crippen LogP contribution in [0.5, 0.6) is 0 Å². The smallest absolute Gasteiger partial charge is 0.414 e. The highest BCUT2D eigenvalue weighted by Gasteiger charge is 2.35. The van der Waals surface area contributed by atoms with Crippen LogP contribution in [-0.2, 0) is 14.3 Å². The molecule has 2 heterocycles. The Morgan fingerprint density at radius 3 is 2.45 bits per heavy atom. The molecule has 2 atom stereocenters. The van der Waals surface area contributed by atoms with Crippen molar-refractivity contribution in [2.75, 3.05) is 62.3 Å². The van der Waals surface area contributed by atoms with Crippen LogP contribution in [0.25, 0.3) is 0 Å². The number of amides is 2. The molecule has 2 fully saturated rings. The summed E-state index contributed by atoms with van der Waals surface area (Å²) in [6.07, 6.45) is 9.07. The Bertz CT molecular complexity index is 1020. The van der Waals surface area contributed by atoms with E-state index in [2.05, 4.69) is 11.9 Å². The van der Waals surface area contributed by atoms with Crippen molar-refractivity contribution in [2.45, 2.75) is 83.3 Å². The zero-order chi connectivity index (χ0) is 30.3. The highest BCUT2D eigenvalue weighted by molar-refractivity contribution is 5.90. The molecule has 0 spiro atoms. The van der Waals surface area contributed by atoms with Crippen LogP contribution in [0.1, 0.15) is 71.1 Å². The van der Waals surface area contributed by atoms with Gasteiger partial charge in [-0.25, -0.2) is 9.18 Å². The van der Waals surface area contributed by atoms with Crippen LogP contribution in [-0.4, -0.2) is 87.5 Å². The molecular weight excluding hydrogens is 541 g/mol. The van der Waals surface area contributed by atoms with Gasteiger partial charge in [-0.15, -0.1) is 0 Å². The molecule has 0 saturated carbocycles. The summed E-state index contributed by atoms with van der Waals surface area (Å²) in [5.41, 5.74) is 18.0. The SMILES string of the molecule is CCCCCCCCCCN(C[C@H]1CN(c2ccc(N3CCOCC3)c(F)c2)C(=O)O1)C(=O)[C@@H](N)CCCN=C(N)N. The maximum Gasteiger partial charge on any atom is 0.414 e. The molecule has 236 valence electrons. The normalized spacial score (nSPS) is 17.7. The molecule has 2 saturated heterocycles. The molecule has 2 aliphatic heterocycles. The van der Waals surface area contributed by atoms with E-state index in [1.165, 1.54) is 43.1 Å². The molecule has 0 aliphatic carbocycles. The predicted molar refractivity (Wildman–Crippen MR) is 164 cm³/mol. The van der Waals surface area contributed by atoms with Crippen molar-refractivity contribution in [3.8, 4) is 0 Å². The summed E-state index contributed by atoms with van der Waals surface area (Å²) in [5.74, 6) is -0.573. The standard InChI is InChI=1S/C30H50FN7O4/c1-2-3-4-5-6-7-8-9-15-37(28(39)26(32)11-10-14-35-29(33)34)21-24-22-38(30(40)42-24)23-12-13-27(25(31)20-23)36-16-18-41-19-17-36/h12-13,20,24,26H,2-11,14-19,21-22,32H2,1H3,(H4,33,34,35)/t24-,26-/m0/s1. The molecular formula is C30H50FN7O4. The summed E-state index contributed by atoms with van der Waals surface area (Å²) in [4.78, 5) is 35.2. The molecule has 12 heteroatoms. The molecule has 1 aromatic rings. The number of hydrogen-bond donors (Lipinski definition) is 3. The van der Waals surface area contributed by atoms with E-state index < -0.39 is 24.1 Å². The Morgan fingerprint density at radius 2 is 1.79 bits per heavy atom. The lowest BCUT2D eigenvalue weighted by Crippen LogP contribution is -2.47. The average Bonchev–Trinajstić information content (AvgIpc) is 3.35. The molecule has 42 heavy (non-hydrogen) atoms. The van der Waals surface area contributed by atoms with Gasteiger partial charge >= 0.3 is 6.09 Å². The summed E-state index contributed by atoms with van der Waals surface area (Å²) in [6.45, 7) is 5.92. The van der Waals surface area contributed by atoms with E-state index in [1.807, 2.05) is 4.90 Å². The second-order valence-electron chi connectivity index (χ2n) is 11.2. The zero-order valence-corrected chi connectivity index (χ0v) is 25.1. The third kappa shape index (κ3) is 10.6. The van der Waals surface area contributed by atoms with Gasteiger partial charge in [-0.05, 0) is 37.5 Å². The minimum Gasteiger partial charge on any atom is -0.442 e. The van der Waals surface area contributed by atoms with Crippen LogP contribution in [0.15, 0.2) is 23.2 Å². The fraction of sp³-hybridized carbons (Fsp3) is 0.700. The number of anilines is 2. The molecule has 3 rings (SSSR count). The molecule has 0 bridgehead atoms. The van der Waals surface area contributed by atoms with E-state index >= 15 is 4.39 Å². The van der Waals surface area contributed by atoms with Crippen molar-refractivity contribution in [1.29, 1.82) is 0 Å². The Hall–Kier alpha value is -3.12.